The molecule has 0 bridgehead atoms. The van der Waals surface area contributed by atoms with E-state index >= 15 is 0 Å². The third-order valence-corrected chi connectivity index (χ3v) is 4.09. The van der Waals surface area contributed by atoms with Crippen molar-refractivity contribution in [3.63, 3.8) is 0 Å². The number of unbranched alkanes of at least 4 members (excludes halogenated alkanes) is 2. The second kappa shape index (κ2) is 10.8. The summed E-state index contributed by atoms with van der Waals surface area (Å²) in [5, 5.41) is 4.95. The van der Waals surface area contributed by atoms with Crippen LogP contribution < -0.4 is 10.6 Å². The molecule has 1 aromatic rings. The number of imide groups is 1. The standard InChI is InChI=1S/C20H22N3O5/c24-16(15-7-3-1-4-8-15)13-21-18(26)14-22-17(25)9-5-2-6-12-23-19(27)10-11-20(23)28/h1,3-4,7,10-11H,2,5-6,9,12-14H2,(H,21,26)(H,22,25). The second-order valence-corrected chi connectivity index (χ2v) is 6.22. The number of carbonyl (C=O) groups excluding carboxylic acids is 5. The van der Waals surface area contributed by atoms with E-state index in [1.54, 1.807) is 24.3 Å². The van der Waals surface area contributed by atoms with Gasteiger partial charge in [-0.1, -0.05) is 30.7 Å². The Kier molecular flexibility index (Phi) is 8.08. The molecule has 8 nitrogen and oxygen atoms in total. The van der Waals surface area contributed by atoms with Crippen LogP contribution in [0.5, 0.6) is 0 Å². The number of benzene rings is 1. The SMILES string of the molecule is O=C(CCCCCN1C(=O)C=CC1=O)NCC(=O)NCC(=O)c1[c]cccc1. The van der Waals surface area contributed by atoms with E-state index < -0.39 is 5.91 Å². The summed E-state index contributed by atoms with van der Waals surface area (Å²) in [6.07, 6.45) is 4.61. The molecule has 1 heterocycles. The lowest BCUT2D eigenvalue weighted by molar-refractivity contribution is -0.137. The zero-order valence-electron chi connectivity index (χ0n) is 15.4. The molecule has 8 heteroatoms. The molecule has 0 atom stereocenters. The molecule has 1 aliphatic heterocycles. The minimum absolute atomic E-state index is 0.155. The summed E-state index contributed by atoms with van der Waals surface area (Å²) in [6, 6.07) is 9.47. The molecule has 0 aliphatic carbocycles. The van der Waals surface area contributed by atoms with Crippen LogP contribution >= 0.6 is 0 Å². The van der Waals surface area contributed by atoms with Gasteiger partial charge in [0.15, 0.2) is 5.78 Å². The van der Waals surface area contributed by atoms with Crippen molar-refractivity contribution < 1.29 is 24.0 Å². The fraction of sp³-hybridized carbons (Fsp3) is 0.350. The second-order valence-electron chi connectivity index (χ2n) is 6.22. The van der Waals surface area contributed by atoms with Gasteiger partial charge in [0.05, 0.1) is 13.1 Å². The van der Waals surface area contributed by atoms with Crippen molar-refractivity contribution in [1.82, 2.24) is 15.5 Å². The molecule has 0 unspecified atom stereocenters. The molecule has 2 N–H and O–H groups in total. The average molecular weight is 384 g/mol. The van der Waals surface area contributed by atoms with E-state index in [4.69, 9.17) is 0 Å². The number of amides is 4. The summed E-state index contributed by atoms with van der Waals surface area (Å²) in [5.74, 6) is -1.59. The highest BCUT2D eigenvalue weighted by atomic mass is 16.2. The van der Waals surface area contributed by atoms with Crippen molar-refractivity contribution in [2.75, 3.05) is 19.6 Å². The van der Waals surface area contributed by atoms with Gasteiger partial charge in [0.2, 0.25) is 11.8 Å². The zero-order chi connectivity index (χ0) is 20.4. The van der Waals surface area contributed by atoms with Gasteiger partial charge in [-0.3, -0.25) is 28.9 Å². The summed E-state index contributed by atoms with van der Waals surface area (Å²) in [7, 11) is 0. The maximum absolute atomic E-state index is 11.8. The smallest absolute Gasteiger partial charge is 0.253 e. The highest BCUT2D eigenvalue weighted by Crippen LogP contribution is 2.07. The van der Waals surface area contributed by atoms with E-state index in [1.807, 2.05) is 0 Å². The lowest BCUT2D eigenvalue weighted by Crippen LogP contribution is -2.39. The molecule has 2 rings (SSSR count). The normalized spacial score (nSPS) is 12.9. The van der Waals surface area contributed by atoms with E-state index in [2.05, 4.69) is 16.7 Å². The molecule has 0 spiro atoms. The topological polar surface area (TPSA) is 113 Å². The van der Waals surface area contributed by atoms with Crippen molar-refractivity contribution in [3.8, 4) is 0 Å². The van der Waals surface area contributed by atoms with Gasteiger partial charge in [-0.2, -0.15) is 0 Å². The average Bonchev–Trinajstić information content (AvgIpc) is 3.02. The number of carbonyl (C=O) groups is 5. The van der Waals surface area contributed by atoms with Gasteiger partial charge in [-0.15, -0.1) is 0 Å². The minimum Gasteiger partial charge on any atom is -0.347 e. The number of hydrogen-bond acceptors (Lipinski definition) is 5. The predicted octanol–water partition coefficient (Wildman–Crippen LogP) is 0.387. The van der Waals surface area contributed by atoms with Crippen LogP contribution in [0, 0.1) is 6.07 Å². The molecule has 4 amide bonds. The first-order valence-electron chi connectivity index (χ1n) is 9.04. The first-order valence-corrected chi connectivity index (χ1v) is 9.04. The summed E-state index contributed by atoms with van der Waals surface area (Å²) in [4.78, 5) is 59.2. The molecule has 1 aliphatic rings. The van der Waals surface area contributed by atoms with Gasteiger partial charge in [0, 0.05) is 30.7 Å². The first-order chi connectivity index (χ1) is 13.5. The number of rotatable bonds is 11. The molecule has 147 valence electrons. The van der Waals surface area contributed by atoms with Crippen LogP contribution in [0.4, 0.5) is 0 Å². The van der Waals surface area contributed by atoms with Crippen LogP contribution in [0.3, 0.4) is 0 Å². The monoisotopic (exact) mass is 384 g/mol. The third kappa shape index (κ3) is 6.79. The summed E-state index contributed by atoms with van der Waals surface area (Å²) >= 11 is 0. The van der Waals surface area contributed by atoms with Crippen LogP contribution in [0.15, 0.2) is 36.4 Å². The number of nitrogens with zero attached hydrogens (tertiary/aromatic N) is 1. The maximum atomic E-state index is 11.8. The van der Waals surface area contributed by atoms with Crippen molar-refractivity contribution >= 4 is 29.4 Å². The Morgan fingerprint density at radius 3 is 2.29 bits per heavy atom. The molecule has 0 saturated heterocycles. The largest absolute Gasteiger partial charge is 0.347 e. The van der Waals surface area contributed by atoms with Crippen molar-refractivity contribution in [3.05, 3.63) is 48.0 Å². The minimum atomic E-state index is -0.448. The molecule has 0 fully saturated rings. The molecule has 0 saturated carbocycles. The van der Waals surface area contributed by atoms with Gasteiger partial charge in [-0.25, -0.2) is 0 Å². The predicted molar refractivity (Wildman–Crippen MR) is 100.0 cm³/mol. The molecule has 1 aromatic carbocycles. The molecular formula is C20H22N3O5. The molecule has 1 radical (unpaired) electrons. The molecule has 28 heavy (non-hydrogen) atoms. The van der Waals surface area contributed by atoms with Crippen LogP contribution in [0.25, 0.3) is 0 Å². The van der Waals surface area contributed by atoms with Gasteiger partial charge in [-0.05, 0) is 18.9 Å². The van der Waals surface area contributed by atoms with E-state index in [9.17, 15) is 24.0 Å². The summed E-state index contributed by atoms with van der Waals surface area (Å²) < 4.78 is 0. The van der Waals surface area contributed by atoms with Crippen LogP contribution in [0.2, 0.25) is 0 Å². The van der Waals surface area contributed by atoms with Crippen molar-refractivity contribution in [1.29, 1.82) is 0 Å². The van der Waals surface area contributed by atoms with Gasteiger partial charge in [0.25, 0.3) is 11.8 Å². The quantitative estimate of drug-likeness (QED) is 0.326. The van der Waals surface area contributed by atoms with Crippen molar-refractivity contribution in [2.24, 2.45) is 0 Å². The summed E-state index contributed by atoms with van der Waals surface area (Å²) in [6.45, 7) is -0.0212. The zero-order valence-corrected chi connectivity index (χ0v) is 15.4. The Labute approximate surface area is 163 Å². The van der Waals surface area contributed by atoms with Crippen LogP contribution in [0.1, 0.15) is 36.0 Å². The fourth-order valence-electron chi connectivity index (χ4n) is 2.55. The molecule has 0 aromatic heterocycles. The highest BCUT2D eigenvalue weighted by molar-refractivity contribution is 6.12. The van der Waals surface area contributed by atoms with Crippen LogP contribution in [-0.4, -0.2) is 53.9 Å². The summed E-state index contributed by atoms with van der Waals surface area (Å²) in [5.41, 5.74) is 0.389. The first kappa shape index (κ1) is 21.0. The van der Waals surface area contributed by atoms with Gasteiger partial charge in [0.1, 0.15) is 0 Å². The van der Waals surface area contributed by atoms with Crippen molar-refractivity contribution in [2.45, 2.75) is 25.7 Å². The Balaban J connectivity index is 1.52. The van der Waals surface area contributed by atoms with Gasteiger partial charge < -0.3 is 10.6 Å². The Morgan fingerprint density at radius 1 is 0.893 bits per heavy atom. The number of Topliss-reactive ketones (excluding diaryl/α,β-unsaturated/α-hetero) is 1. The maximum Gasteiger partial charge on any atom is 0.253 e. The lowest BCUT2D eigenvalue weighted by Gasteiger charge is -2.13. The lowest BCUT2D eigenvalue weighted by atomic mass is 10.1. The Morgan fingerprint density at radius 2 is 1.61 bits per heavy atom. The van der Waals surface area contributed by atoms with E-state index in [1.165, 1.54) is 17.1 Å². The molecular weight excluding hydrogens is 362 g/mol. The number of nitrogens with one attached hydrogen (secondary N) is 2. The van der Waals surface area contributed by atoms with E-state index in [0.717, 1.165) is 0 Å². The van der Waals surface area contributed by atoms with Crippen LogP contribution in [-0.2, 0) is 19.2 Å². The van der Waals surface area contributed by atoms with E-state index in [-0.39, 0.29) is 43.0 Å². The Bertz CT molecular complexity index is 755. The third-order valence-electron chi connectivity index (χ3n) is 4.09. The van der Waals surface area contributed by atoms with E-state index in [0.29, 0.717) is 31.4 Å². The number of ketones is 1. The number of hydrogen-bond donors (Lipinski definition) is 2. The fourth-order valence-corrected chi connectivity index (χ4v) is 2.55. The highest BCUT2D eigenvalue weighted by Gasteiger charge is 2.22. The Hall–Kier alpha value is -3.29. The van der Waals surface area contributed by atoms with Gasteiger partial charge >= 0.3 is 0 Å².